The van der Waals surface area contributed by atoms with Crippen molar-refractivity contribution in [2.75, 3.05) is 26.7 Å². The van der Waals surface area contributed by atoms with E-state index in [1.807, 2.05) is 6.92 Å². The maximum atomic E-state index is 12.4. The zero-order valence-corrected chi connectivity index (χ0v) is 14.6. The molecule has 1 aliphatic rings. The minimum absolute atomic E-state index is 0.0275. The number of hydrogen-bond donors (Lipinski definition) is 1. The normalized spacial score (nSPS) is 17.6. The molecule has 0 bridgehead atoms. The number of rotatable bonds is 6. The number of thiophene rings is 1. The van der Waals surface area contributed by atoms with E-state index in [0.717, 1.165) is 17.7 Å². The number of carbonyl (C=O) groups is 1. The molecular weight excluding hydrogens is 322 g/mol. The number of carbonyl (C=O) groups excluding carboxylic acids is 1. The molecule has 2 heterocycles. The summed E-state index contributed by atoms with van der Waals surface area (Å²) >= 11 is 1.18. The van der Waals surface area contributed by atoms with E-state index in [1.54, 1.807) is 24.1 Å². The van der Waals surface area contributed by atoms with Crippen molar-refractivity contribution in [1.29, 1.82) is 0 Å². The molecule has 6 nitrogen and oxygen atoms in total. The van der Waals surface area contributed by atoms with Crippen LogP contribution in [0.2, 0.25) is 0 Å². The molecule has 2 N–H and O–H groups in total. The summed E-state index contributed by atoms with van der Waals surface area (Å²) in [5.74, 6) is -0.0510. The van der Waals surface area contributed by atoms with E-state index in [4.69, 9.17) is 5.73 Å². The molecule has 0 spiro atoms. The minimum atomic E-state index is -3.39. The van der Waals surface area contributed by atoms with Crippen molar-refractivity contribution < 1.29 is 13.2 Å². The topological polar surface area (TPSA) is 83.7 Å². The Labute approximate surface area is 135 Å². The van der Waals surface area contributed by atoms with Gasteiger partial charge in [0, 0.05) is 37.6 Å². The highest BCUT2D eigenvalue weighted by molar-refractivity contribution is 7.91. The summed E-state index contributed by atoms with van der Waals surface area (Å²) in [4.78, 5) is 14.5. The van der Waals surface area contributed by atoms with Gasteiger partial charge in [0.2, 0.25) is 5.91 Å². The van der Waals surface area contributed by atoms with Gasteiger partial charge in [0.05, 0.1) is 6.42 Å². The van der Waals surface area contributed by atoms with Crippen molar-refractivity contribution in [3.63, 3.8) is 0 Å². The van der Waals surface area contributed by atoms with Crippen LogP contribution < -0.4 is 5.73 Å². The third-order valence-corrected chi connectivity index (χ3v) is 7.47. The Morgan fingerprint density at radius 1 is 1.41 bits per heavy atom. The van der Waals surface area contributed by atoms with Crippen LogP contribution in [0.15, 0.2) is 16.3 Å². The Hall–Kier alpha value is -0.960. The Morgan fingerprint density at radius 3 is 2.64 bits per heavy atom. The molecule has 8 heteroatoms. The lowest BCUT2D eigenvalue weighted by Gasteiger charge is -2.23. The van der Waals surface area contributed by atoms with Gasteiger partial charge in [-0.3, -0.25) is 4.79 Å². The molecule has 1 unspecified atom stereocenters. The molecule has 1 atom stereocenters. The first-order valence-electron chi connectivity index (χ1n) is 7.41. The molecule has 1 aliphatic heterocycles. The molecule has 1 amide bonds. The van der Waals surface area contributed by atoms with Crippen LogP contribution in [0, 0.1) is 0 Å². The van der Waals surface area contributed by atoms with Crippen molar-refractivity contribution in [3.05, 3.63) is 17.0 Å². The fourth-order valence-electron chi connectivity index (χ4n) is 2.33. The van der Waals surface area contributed by atoms with E-state index in [-0.39, 0.29) is 18.4 Å². The zero-order chi connectivity index (χ0) is 16.3. The van der Waals surface area contributed by atoms with Crippen LogP contribution in [0.5, 0.6) is 0 Å². The highest BCUT2D eigenvalue weighted by Gasteiger charge is 2.28. The van der Waals surface area contributed by atoms with Gasteiger partial charge in [-0.15, -0.1) is 11.3 Å². The average molecular weight is 345 g/mol. The lowest BCUT2D eigenvalue weighted by atomic mass is 10.2. The lowest BCUT2D eigenvalue weighted by Crippen LogP contribution is -2.40. The van der Waals surface area contributed by atoms with Crippen LogP contribution in [0.3, 0.4) is 0 Å². The second kappa shape index (κ2) is 7.08. The smallest absolute Gasteiger partial charge is 0.252 e. The lowest BCUT2D eigenvalue weighted by molar-refractivity contribution is -0.130. The van der Waals surface area contributed by atoms with Crippen LogP contribution in [0.4, 0.5) is 0 Å². The minimum Gasteiger partial charge on any atom is -0.341 e. The summed E-state index contributed by atoms with van der Waals surface area (Å²) in [5, 5.41) is 0. The highest BCUT2D eigenvalue weighted by atomic mass is 32.2. The number of likely N-dealkylation sites (N-methyl/N-ethyl adjacent to an activating group) is 1. The summed E-state index contributed by atoms with van der Waals surface area (Å²) in [6.07, 6.45) is 2.04. The number of amides is 1. The molecule has 124 valence electrons. The summed E-state index contributed by atoms with van der Waals surface area (Å²) in [7, 11) is -1.67. The fraction of sp³-hybridized carbons (Fsp3) is 0.643. The van der Waals surface area contributed by atoms with Crippen molar-refractivity contribution >= 4 is 27.3 Å². The molecule has 1 fully saturated rings. The first-order chi connectivity index (χ1) is 10.4. The predicted molar refractivity (Wildman–Crippen MR) is 87.3 cm³/mol. The molecule has 22 heavy (non-hydrogen) atoms. The molecular formula is C14H23N3O3S2. The van der Waals surface area contributed by atoms with Gasteiger partial charge in [0.25, 0.3) is 10.0 Å². The van der Waals surface area contributed by atoms with Gasteiger partial charge in [-0.1, -0.05) is 0 Å². The van der Waals surface area contributed by atoms with Crippen molar-refractivity contribution in [2.45, 2.75) is 36.4 Å². The van der Waals surface area contributed by atoms with Gasteiger partial charge in [0.1, 0.15) is 4.21 Å². The van der Waals surface area contributed by atoms with Crippen molar-refractivity contribution in [3.8, 4) is 0 Å². The Balaban J connectivity index is 2.07. The first-order valence-corrected chi connectivity index (χ1v) is 9.66. The van der Waals surface area contributed by atoms with Crippen molar-refractivity contribution in [2.24, 2.45) is 5.73 Å². The van der Waals surface area contributed by atoms with Gasteiger partial charge in [-0.25, -0.2) is 8.42 Å². The van der Waals surface area contributed by atoms with Gasteiger partial charge < -0.3 is 10.6 Å². The zero-order valence-electron chi connectivity index (χ0n) is 13.0. The Kier molecular flexibility index (Phi) is 5.60. The van der Waals surface area contributed by atoms with E-state index in [0.29, 0.717) is 23.8 Å². The molecule has 1 aromatic rings. The first kappa shape index (κ1) is 17.4. The van der Waals surface area contributed by atoms with E-state index in [1.165, 1.54) is 15.6 Å². The molecule has 0 radical (unpaired) electrons. The summed E-state index contributed by atoms with van der Waals surface area (Å²) < 4.78 is 26.7. The van der Waals surface area contributed by atoms with E-state index >= 15 is 0 Å². The van der Waals surface area contributed by atoms with Crippen LogP contribution in [-0.2, 0) is 21.2 Å². The summed E-state index contributed by atoms with van der Waals surface area (Å²) in [6.45, 7) is 3.47. The number of nitrogens with zero attached hydrogens (tertiary/aromatic N) is 2. The molecule has 0 saturated carbocycles. The maximum absolute atomic E-state index is 12.4. The van der Waals surface area contributed by atoms with Gasteiger partial charge in [-0.2, -0.15) is 4.31 Å². The Bertz CT molecular complexity index is 621. The van der Waals surface area contributed by atoms with Crippen LogP contribution >= 0.6 is 11.3 Å². The summed E-state index contributed by atoms with van der Waals surface area (Å²) in [5.41, 5.74) is 5.56. The second-order valence-corrected chi connectivity index (χ2v) is 8.93. The SMILES string of the molecule is CC(CN)N(C)C(=O)Cc1ccc(S(=O)(=O)N2CCCC2)s1. The number of sulfonamides is 1. The number of nitrogens with two attached hydrogens (primary N) is 1. The van der Waals surface area contributed by atoms with Crippen LogP contribution in [0.1, 0.15) is 24.6 Å². The van der Waals surface area contributed by atoms with E-state index in [9.17, 15) is 13.2 Å². The standard InChI is InChI=1S/C14H23N3O3S2/c1-11(10-15)16(2)13(18)9-12-5-6-14(21-12)22(19,20)17-7-3-4-8-17/h5-6,11H,3-4,7-10,15H2,1-2H3. The quantitative estimate of drug-likeness (QED) is 0.829. The molecule has 0 aliphatic carbocycles. The molecule has 2 rings (SSSR count). The van der Waals surface area contributed by atoms with Crippen LogP contribution in [-0.4, -0.2) is 56.3 Å². The number of hydrogen-bond acceptors (Lipinski definition) is 5. The predicted octanol–water partition coefficient (Wildman–Crippen LogP) is 0.881. The fourth-order valence-corrected chi connectivity index (χ4v) is 5.34. The van der Waals surface area contributed by atoms with E-state index in [2.05, 4.69) is 0 Å². The average Bonchev–Trinajstić information content (AvgIpc) is 3.17. The Morgan fingerprint density at radius 2 is 2.05 bits per heavy atom. The third-order valence-electron chi connectivity index (χ3n) is 4.02. The molecule has 1 saturated heterocycles. The van der Waals surface area contributed by atoms with E-state index < -0.39 is 10.0 Å². The summed E-state index contributed by atoms with van der Waals surface area (Å²) in [6, 6.07) is 3.31. The molecule has 0 aromatic carbocycles. The largest absolute Gasteiger partial charge is 0.341 e. The molecule has 1 aromatic heterocycles. The van der Waals surface area contributed by atoms with Crippen LogP contribution in [0.25, 0.3) is 0 Å². The maximum Gasteiger partial charge on any atom is 0.252 e. The third kappa shape index (κ3) is 3.68. The van der Waals surface area contributed by atoms with Gasteiger partial charge in [0.15, 0.2) is 0 Å². The van der Waals surface area contributed by atoms with Gasteiger partial charge >= 0.3 is 0 Å². The van der Waals surface area contributed by atoms with Gasteiger partial charge in [-0.05, 0) is 31.9 Å². The monoisotopic (exact) mass is 345 g/mol. The second-order valence-electron chi connectivity index (χ2n) is 5.60. The highest BCUT2D eigenvalue weighted by Crippen LogP contribution is 2.27. The van der Waals surface area contributed by atoms with Crippen molar-refractivity contribution in [1.82, 2.24) is 9.21 Å².